The lowest BCUT2D eigenvalue weighted by molar-refractivity contribution is 0.243. The summed E-state index contributed by atoms with van der Waals surface area (Å²) >= 11 is 0. The summed E-state index contributed by atoms with van der Waals surface area (Å²) in [4.78, 5) is 6.54. The molecule has 0 amide bonds. The minimum atomic E-state index is 0.997. The Balaban J connectivity index is 1.72. The lowest BCUT2D eigenvalue weighted by Crippen LogP contribution is -2.44. The predicted molar refractivity (Wildman–Crippen MR) is 49.5 cm³/mol. The first-order valence-electron chi connectivity index (χ1n) is 4.75. The molecule has 13 heavy (non-hydrogen) atoms. The van der Waals surface area contributed by atoms with Gasteiger partial charge in [0.25, 0.3) is 0 Å². The van der Waals surface area contributed by atoms with Gasteiger partial charge >= 0.3 is 0 Å². The first kappa shape index (κ1) is 8.72. The second-order valence-electron chi connectivity index (χ2n) is 3.32. The smallest absolute Gasteiger partial charge is 0.180 e. The normalized spacial score (nSPS) is 19.1. The van der Waals surface area contributed by atoms with Gasteiger partial charge in [-0.3, -0.25) is 0 Å². The minimum absolute atomic E-state index is 0.997. The molecule has 1 saturated heterocycles. The number of nitrogens with zero attached hydrogens (tertiary/aromatic N) is 2. The third kappa shape index (κ3) is 2.54. The molecule has 1 N–H and O–H groups in total. The van der Waals surface area contributed by atoms with Crippen LogP contribution in [-0.2, 0) is 6.42 Å². The number of oxazole rings is 1. The molecule has 0 saturated carbocycles. The molecule has 0 aliphatic carbocycles. The van der Waals surface area contributed by atoms with Crippen LogP contribution in [0.25, 0.3) is 0 Å². The standard InChI is InChI=1S/C9H15N3O/c1(9-7-13-8-11-9)4-12-5-2-10-3-6-12/h7-8,10H,1-6H2. The number of rotatable bonds is 3. The molecule has 2 heterocycles. The maximum atomic E-state index is 4.91. The molecule has 0 unspecified atom stereocenters. The van der Waals surface area contributed by atoms with Crippen LogP contribution in [-0.4, -0.2) is 42.6 Å². The molecule has 1 aliphatic heterocycles. The van der Waals surface area contributed by atoms with Gasteiger partial charge in [0.15, 0.2) is 6.39 Å². The summed E-state index contributed by atoms with van der Waals surface area (Å²) < 4.78 is 4.91. The Morgan fingerprint density at radius 2 is 2.31 bits per heavy atom. The minimum Gasteiger partial charge on any atom is -0.451 e. The van der Waals surface area contributed by atoms with Crippen molar-refractivity contribution in [2.75, 3.05) is 32.7 Å². The third-order valence-electron chi connectivity index (χ3n) is 2.38. The van der Waals surface area contributed by atoms with E-state index in [9.17, 15) is 0 Å². The fraction of sp³-hybridized carbons (Fsp3) is 0.667. The molecule has 0 radical (unpaired) electrons. The Labute approximate surface area is 77.9 Å². The predicted octanol–water partition coefficient (Wildman–Crippen LogP) is 0.122. The summed E-state index contributed by atoms with van der Waals surface area (Å²) in [6.45, 7) is 5.61. The second-order valence-corrected chi connectivity index (χ2v) is 3.32. The summed E-state index contributed by atoms with van der Waals surface area (Å²) in [7, 11) is 0. The van der Waals surface area contributed by atoms with Gasteiger partial charge in [-0.15, -0.1) is 0 Å². The molecule has 0 bridgehead atoms. The van der Waals surface area contributed by atoms with Gasteiger partial charge in [-0.25, -0.2) is 4.98 Å². The SMILES string of the molecule is c1nc(CCN2CCNCC2)co1. The van der Waals surface area contributed by atoms with Crippen molar-refractivity contribution >= 4 is 0 Å². The Kier molecular flexibility index (Phi) is 2.94. The fourth-order valence-electron chi connectivity index (χ4n) is 1.57. The van der Waals surface area contributed by atoms with E-state index in [2.05, 4.69) is 15.2 Å². The molecule has 0 atom stereocenters. The third-order valence-corrected chi connectivity index (χ3v) is 2.38. The van der Waals surface area contributed by atoms with Crippen LogP contribution in [0.4, 0.5) is 0 Å². The van der Waals surface area contributed by atoms with Gasteiger partial charge in [-0.2, -0.15) is 0 Å². The van der Waals surface area contributed by atoms with Crippen LogP contribution >= 0.6 is 0 Å². The number of nitrogens with one attached hydrogen (secondary N) is 1. The topological polar surface area (TPSA) is 41.3 Å². The summed E-state index contributed by atoms with van der Waals surface area (Å²) in [5, 5.41) is 3.33. The van der Waals surface area contributed by atoms with Crippen molar-refractivity contribution in [2.24, 2.45) is 0 Å². The van der Waals surface area contributed by atoms with Crippen molar-refractivity contribution in [2.45, 2.75) is 6.42 Å². The number of hydrogen-bond acceptors (Lipinski definition) is 4. The van der Waals surface area contributed by atoms with Crippen molar-refractivity contribution in [3.05, 3.63) is 18.4 Å². The molecule has 1 aliphatic rings. The van der Waals surface area contributed by atoms with Crippen molar-refractivity contribution < 1.29 is 4.42 Å². The average molecular weight is 181 g/mol. The van der Waals surface area contributed by atoms with Crippen molar-refractivity contribution in [3.8, 4) is 0 Å². The highest BCUT2D eigenvalue weighted by molar-refractivity contribution is 4.91. The molecule has 4 nitrogen and oxygen atoms in total. The molecule has 0 aromatic carbocycles. The van der Waals surface area contributed by atoms with Crippen LogP contribution in [0, 0.1) is 0 Å². The van der Waals surface area contributed by atoms with E-state index in [-0.39, 0.29) is 0 Å². The molecule has 1 aromatic heterocycles. The summed E-state index contributed by atoms with van der Waals surface area (Å²) in [5.74, 6) is 0. The molecular formula is C9H15N3O. The Morgan fingerprint density at radius 1 is 1.46 bits per heavy atom. The van der Waals surface area contributed by atoms with Crippen LogP contribution < -0.4 is 5.32 Å². The van der Waals surface area contributed by atoms with Gasteiger partial charge in [0.1, 0.15) is 6.26 Å². The molecule has 1 fully saturated rings. The van der Waals surface area contributed by atoms with Gasteiger partial charge in [0.2, 0.25) is 0 Å². The lowest BCUT2D eigenvalue weighted by Gasteiger charge is -2.26. The van der Waals surface area contributed by atoms with Crippen LogP contribution in [0.5, 0.6) is 0 Å². The van der Waals surface area contributed by atoms with E-state index >= 15 is 0 Å². The van der Waals surface area contributed by atoms with Crippen LogP contribution in [0.1, 0.15) is 5.69 Å². The lowest BCUT2D eigenvalue weighted by atomic mass is 10.3. The zero-order chi connectivity index (χ0) is 8.93. The van der Waals surface area contributed by atoms with E-state index in [0.29, 0.717) is 0 Å². The highest BCUT2D eigenvalue weighted by atomic mass is 16.3. The van der Waals surface area contributed by atoms with Crippen molar-refractivity contribution in [1.29, 1.82) is 0 Å². The van der Waals surface area contributed by atoms with Gasteiger partial charge < -0.3 is 14.6 Å². The Bertz CT molecular complexity index is 229. The van der Waals surface area contributed by atoms with E-state index in [1.165, 1.54) is 6.39 Å². The first-order chi connectivity index (χ1) is 6.45. The summed E-state index contributed by atoms with van der Waals surface area (Å²) in [6.07, 6.45) is 4.21. The maximum Gasteiger partial charge on any atom is 0.180 e. The summed E-state index contributed by atoms with van der Waals surface area (Å²) in [6, 6.07) is 0. The van der Waals surface area contributed by atoms with Crippen LogP contribution in [0.15, 0.2) is 17.1 Å². The zero-order valence-corrected chi connectivity index (χ0v) is 7.70. The molecule has 1 aromatic rings. The highest BCUT2D eigenvalue weighted by Gasteiger charge is 2.09. The fourth-order valence-corrected chi connectivity index (χ4v) is 1.57. The van der Waals surface area contributed by atoms with Crippen LogP contribution in [0.3, 0.4) is 0 Å². The molecule has 4 heteroatoms. The van der Waals surface area contributed by atoms with E-state index in [1.54, 1.807) is 6.26 Å². The Morgan fingerprint density at radius 3 is 3.00 bits per heavy atom. The van der Waals surface area contributed by atoms with E-state index in [0.717, 1.165) is 44.8 Å². The number of piperazine rings is 1. The second kappa shape index (κ2) is 4.39. The quantitative estimate of drug-likeness (QED) is 0.719. The first-order valence-corrected chi connectivity index (χ1v) is 4.75. The summed E-state index contributed by atoms with van der Waals surface area (Å²) in [5.41, 5.74) is 1.05. The maximum absolute atomic E-state index is 4.91. The Hall–Kier alpha value is -0.870. The molecule has 2 rings (SSSR count). The van der Waals surface area contributed by atoms with E-state index < -0.39 is 0 Å². The van der Waals surface area contributed by atoms with Crippen molar-refractivity contribution in [3.63, 3.8) is 0 Å². The van der Waals surface area contributed by atoms with Gasteiger partial charge in [-0.05, 0) is 0 Å². The molecule has 72 valence electrons. The zero-order valence-electron chi connectivity index (χ0n) is 7.70. The highest BCUT2D eigenvalue weighted by Crippen LogP contribution is 1.99. The van der Waals surface area contributed by atoms with E-state index in [1.807, 2.05) is 0 Å². The number of aromatic nitrogens is 1. The van der Waals surface area contributed by atoms with Crippen molar-refractivity contribution in [1.82, 2.24) is 15.2 Å². The van der Waals surface area contributed by atoms with Crippen LogP contribution in [0.2, 0.25) is 0 Å². The van der Waals surface area contributed by atoms with Gasteiger partial charge in [0.05, 0.1) is 5.69 Å². The van der Waals surface area contributed by atoms with E-state index in [4.69, 9.17) is 4.42 Å². The molecule has 0 spiro atoms. The van der Waals surface area contributed by atoms with Gasteiger partial charge in [0, 0.05) is 39.1 Å². The average Bonchev–Trinajstić information content (AvgIpc) is 2.69. The van der Waals surface area contributed by atoms with Gasteiger partial charge in [-0.1, -0.05) is 0 Å². The monoisotopic (exact) mass is 181 g/mol. The number of hydrogen-bond donors (Lipinski definition) is 1. The largest absolute Gasteiger partial charge is 0.451 e. The molecular weight excluding hydrogens is 166 g/mol.